The summed E-state index contributed by atoms with van der Waals surface area (Å²) in [7, 11) is 0. The first-order valence-corrected chi connectivity index (χ1v) is 14.0. The van der Waals surface area contributed by atoms with Crippen LogP contribution >= 0.6 is 11.8 Å². The summed E-state index contributed by atoms with van der Waals surface area (Å²) in [5, 5.41) is 29.0. The molecule has 0 aliphatic heterocycles. The van der Waals surface area contributed by atoms with Gasteiger partial charge in [-0.25, -0.2) is 9.48 Å². The van der Waals surface area contributed by atoms with Gasteiger partial charge in [-0.3, -0.25) is 9.72 Å². The Balaban J connectivity index is 1.32. The van der Waals surface area contributed by atoms with Crippen molar-refractivity contribution in [3.05, 3.63) is 90.0 Å². The molecular weight excluding hydrogens is 522 g/mol. The Morgan fingerprint density at radius 2 is 1.77 bits per heavy atom. The second kappa shape index (κ2) is 11.1. The molecule has 0 fully saturated rings. The van der Waals surface area contributed by atoms with Gasteiger partial charge in [0.2, 0.25) is 0 Å². The van der Waals surface area contributed by atoms with Crippen molar-refractivity contribution in [2.75, 3.05) is 5.32 Å². The first kappa shape index (κ1) is 27.3. The Bertz CT molecular complexity index is 1650. The summed E-state index contributed by atoms with van der Waals surface area (Å²) < 4.78 is 3.71. The van der Waals surface area contributed by atoms with Crippen molar-refractivity contribution in [2.24, 2.45) is 0 Å². The van der Waals surface area contributed by atoms with E-state index in [1.165, 1.54) is 0 Å². The molecule has 9 nitrogen and oxygen atoms in total. The maximum absolute atomic E-state index is 13.0. The number of nitrogens with zero attached hydrogens (tertiary/aromatic N) is 5. The Morgan fingerprint density at radius 3 is 2.50 bits per heavy atom. The molecule has 40 heavy (non-hydrogen) atoms. The SMILES string of the molecule is CC(C)c1nnc2ccc(Sc3ccccc3CNC(=O)Nc3cc(C(C)(C)C)nn3-c3ccc(O)cc3)cn12. The smallest absolute Gasteiger partial charge is 0.320 e. The molecule has 0 saturated heterocycles. The number of aromatic nitrogens is 5. The Hall–Kier alpha value is -4.31. The van der Waals surface area contributed by atoms with E-state index in [1.807, 2.05) is 40.8 Å². The van der Waals surface area contributed by atoms with E-state index >= 15 is 0 Å². The van der Waals surface area contributed by atoms with Gasteiger partial charge in [-0.1, -0.05) is 64.6 Å². The highest BCUT2D eigenvalue weighted by atomic mass is 32.2. The number of urea groups is 1. The highest BCUT2D eigenvalue weighted by Gasteiger charge is 2.22. The molecule has 0 unspecified atom stereocenters. The summed E-state index contributed by atoms with van der Waals surface area (Å²) in [6, 6.07) is 20.3. The molecule has 0 aliphatic carbocycles. The third-order valence-electron chi connectivity index (χ3n) is 6.37. The fraction of sp³-hybridized carbons (Fsp3) is 0.267. The third-order valence-corrected chi connectivity index (χ3v) is 7.47. The molecule has 0 spiro atoms. The van der Waals surface area contributed by atoms with Crippen LogP contribution in [0.15, 0.2) is 82.7 Å². The number of amides is 2. The number of phenols is 1. The van der Waals surface area contributed by atoms with E-state index in [1.54, 1.807) is 40.7 Å². The van der Waals surface area contributed by atoms with Gasteiger partial charge in [0.15, 0.2) is 5.65 Å². The largest absolute Gasteiger partial charge is 0.508 e. The van der Waals surface area contributed by atoms with Gasteiger partial charge in [-0.15, -0.1) is 10.2 Å². The van der Waals surface area contributed by atoms with Gasteiger partial charge in [-0.2, -0.15) is 5.10 Å². The standard InChI is InChI=1S/C30H33N7O2S/c1-19(2)28-34-33-26-15-14-23(18-36(26)28)40-24-9-7-6-8-20(24)17-31-29(39)32-27-16-25(30(3,4)5)35-37(27)21-10-12-22(38)13-11-21/h6-16,18-19,38H,17H2,1-5H3,(H2,31,32,39). The molecule has 206 valence electrons. The average molecular weight is 556 g/mol. The van der Waals surface area contributed by atoms with Gasteiger partial charge in [0.1, 0.15) is 17.4 Å². The predicted molar refractivity (Wildman–Crippen MR) is 157 cm³/mol. The summed E-state index contributed by atoms with van der Waals surface area (Å²) in [6.45, 7) is 10.8. The summed E-state index contributed by atoms with van der Waals surface area (Å²) in [6.07, 6.45) is 2.06. The van der Waals surface area contributed by atoms with E-state index in [0.717, 1.165) is 38.2 Å². The van der Waals surface area contributed by atoms with Crippen molar-refractivity contribution in [1.29, 1.82) is 0 Å². The van der Waals surface area contributed by atoms with Crippen LogP contribution in [0.5, 0.6) is 5.75 Å². The molecule has 2 aromatic carbocycles. The summed E-state index contributed by atoms with van der Waals surface area (Å²) in [4.78, 5) is 15.1. The number of rotatable bonds is 7. The number of carbonyl (C=O) groups excluding carboxylic acids is 1. The first-order valence-electron chi connectivity index (χ1n) is 13.1. The lowest BCUT2D eigenvalue weighted by Gasteiger charge is -2.14. The normalized spacial score (nSPS) is 11.8. The average Bonchev–Trinajstić information content (AvgIpc) is 3.53. The van der Waals surface area contributed by atoms with E-state index in [-0.39, 0.29) is 23.1 Å². The van der Waals surface area contributed by atoms with Gasteiger partial charge in [0, 0.05) is 39.9 Å². The maximum Gasteiger partial charge on any atom is 0.320 e. The summed E-state index contributed by atoms with van der Waals surface area (Å²) in [5.41, 5.74) is 3.18. The number of hydrogen-bond donors (Lipinski definition) is 3. The minimum Gasteiger partial charge on any atom is -0.508 e. The van der Waals surface area contributed by atoms with Gasteiger partial charge in [0.25, 0.3) is 0 Å². The fourth-order valence-electron chi connectivity index (χ4n) is 4.18. The molecule has 5 aromatic rings. The van der Waals surface area contributed by atoms with Crippen LogP contribution < -0.4 is 10.6 Å². The molecule has 2 amide bonds. The predicted octanol–water partition coefficient (Wildman–Crippen LogP) is 6.51. The van der Waals surface area contributed by atoms with E-state index in [4.69, 9.17) is 5.10 Å². The lowest BCUT2D eigenvalue weighted by atomic mass is 9.92. The zero-order valence-electron chi connectivity index (χ0n) is 23.2. The third kappa shape index (κ3) is 5.96. The summed E-state index contributed by atoms with van der Waals surface area (Å²) in [5.74, 6) is 1.89. The lowest BCUT2D eigenvalue weighted by molar-refractivity contribution is 0.251. The van der Waals surface area contributed by atoms with Crippen molar-refractivity contribution in [2.45, 2.75) is 62.3 Å². The monoisotopic (exact) mass is 555 g/mol. The zero-order chi connectivity index (χ0) is 28.4. The fourth-order valence-corrected chi connectivity index (χ4v) is 5.15. The molecule has 3 N–H and O–H groups in total. The molecule has 0 bridgehead atoms. The number of hydrogen-bond acceptors (Lipinski definition) is 6. The minimum absolute atomic E-state index is 0.165. The van der Waals surface area contributed by atoms with Gasteiger partial charge >= 0.3 is 6.03 Å². The Labute approximate surface area is 237 Å². The van der Waals surface area contributed by atoms with Crippen molar-refractivity contribution >= 4 is 29.3 Å². The second-order valence-corrected chi connectivity index (χ2v) is 12.0. The Kier molecular flexibility index (Phi) is 7.53. The lowest BCUT2D eigenvalue weighted by Crippen LogP contribution is -2.29. The van der Waals surface area contributed by atoms with Crippen LogP contribution in [0.25, 0.3) is 11.3 Å². The highest BCUT2D eigenvalue weighted by Crippen LogP contribution is 2.31. The molecule has 5 rings (SSSR count). The molecule has 0 atom stereocenters. The molecule has 3 heterocycles. The van der Waals surface area contributed by atoms with Crippen LogP contribution in [-0.4, -0.2) is 35.5 Å². The second-order valence-electron chi connectivity index (χ2n) is 10.9. The number of aromatic hydroxyl groups is 1. The molecule has 0 radical (unpaired) electrons. The highest BCUT2D eigenvalue weighted by molar-refractivity contribution is 7.99. The van der Waals surface area contributed by atoms with Gasteiger partial charge in [-0.05, 0) is 48.0 Å². The van der Waals surface area contributed by atoms with Crippen LogP contribution in [0.2, 0.25) is 0 Å². The van der Waals surface area contributed by atoms with E-state index in [2.05, 4.69) is 67.7 Å². The molecule has 3 aromatic heterocycles. The van der Waals surface area contributed by atoms with Gasteiger partial charge < -0.3 is 10.4 Å². The van der Waals surface area contributed by atoms with E-state index in [0.29, 0.717) is 12.4 Å². The quantitative estimate of drug-likeness (QED) is 0.211. The Morgan fingerprint density at radius 1 is 1.02 bits per heavy atom. The van der Waals surface area contributed by atoms with E-state index in [9.17, 15) is 9.90 Å². The van der Waals surface area contributed by atoms with Crippen LogP contribution in [0.1, 0.15) is 57.6 Å². The van der Waals surface area contributed by atoms with Crippen LogP contribution in [-0.2, 0) is 12.0 Å². The number of fused-ring (bicyclic) bond motifs is 1. The van der Waals surface area contributed by atoms with E-state index < -0.39 is 0 Å². The first-order chi connectivity index (χ1) is 19.1. The number of anilines is 1. The number of carbonyl (C=O) groups is 1. The molecule has 0 aliphatic rings. The number of phenolic OH excluding ortho intramolecular Hbond substituents is 1. The number of pyridine rings is 1. The molecular formula is C30H33N7O2S. The van der Waals surface area contributed by atoms with Crippen LogP contribution in [0, 0.1) is 0 Å². The topological polar surface area (TPSA) is 109 Å². The van der Waals surface area contributed by atoms with Crippen molar-refractivity contribution in [3.63, 3.8) is 0 Å². The van der Waals surface area contributed by atoms with Gasteiger partial charge in [0.05, 0.1) is 11.4 Å². The van der Waals surface area contributed by atoms with Crippen molar-refractivity contribution in [1.82, 2.24) is 29.7 Å². The van der Waals surface area contributed by atoms with Crippen LogP contribution in [0.3, 0.4) is 0 Å². The maximum atomic E-state index is 13.0. The number of nitrogens with one attached hydrogen (secondary N) is 2. The molecule has 0 saturated carbocycles. The zero-order valence-corrected chi connectivity index (χ0v) is 24.0. The van der Waals surface area contributed by atoms with Crippen molar-refractivity contribution < 1.29 is 9.90 Å². The molecule has 10 heteroatoms. The summed E-state index contributed by atoms with van der Waals surface area (Å²) >= 11 is 1.63. The van der Waals surface area contributed by atoms with Crippen LogP contribution in [0.4, 0.5) is 10.6 Å². The number of benzene rings is 2. The minimum atomic E-state index is -0.340. The van der Waals surface area contributed by atoms with Crippen molar-refractivity contribution in [3.8, 4) is 11.4 Å².